The van der Waals surface area contributed by atoms with E-state index in [0.29, 0.717) is 30.8 Å². The topological polar surface area (TPSA) is 72.5 Å². The van der Waals surface area contributed by atoms with E-state index in [1.165, 1.54) is 28.1 Å². The quantitative estimate of drug-likeness (QED) is 0.224. The molecule has 0 saturated heterocycles. The van der Waals surface area contributed by atoms with Crippen molar-refractivity contribution in [2.75, 3.05) is 16.9 Å². The van der Waals surface area contributed by atoms with Crippen LogP contribution in [0.3, 0.4) is 0 Å². The summed E-state index contributed by atoms with van der Waals surface area (Å²) >= 11 is 1.53. The Morgan fingerprint density at radius 2 is 1.41 bits per heavy atom. The van der Waals surface area contributed by atoms with Crippen LogP contribution in [-0.2, 0) is 17.9 Å². The van der Waals surface area contributed by atoms with Crippen LogP contribution in [0.2, 0.25) is 0 Å². The number of fused-ring (bicyclic) bond motifs is 1. The van der Waals surface area contributed by atoms with Crippen LogP contribution in [0, 0.1) is 6.92 Å². The fraction of sp³-hybridized carbons (Fsp3) is 0.189. The average Bonchev–Trinajstić information content (AvgIpc) is 3.03. The summed E-state index contributed by atoms with van der Waals surface area (Å²) in [5.74, 6) is -1.09. The maximum absolute atomic E-state index is 13.5. The number of aryl methyl sites for hydroxylation is 1. The molecule has 5 aromatic rings. The van der Waals surface area contributed by atoms with E-state index in [1.807, 2.05) is 67.8 Å². The second-order valence-corrected chi connectivity index (χ2v) is 11.7. The van der Waals surface area contributed by atoms with Gasteiger partial charge in [-0.2, -0.15) is 11.8 Å². The summed E-state index contributed by atoms with van der Waals surface area (Å²) in [5.41, 5.74) is 6.52. The number of hydrogen-bond acceptors (Lipinski definition) is 5. The Hall–Kier alpha value is -3.95. The summed E-state index contributed by atoms with van der Waals surface area (Å²) in [6, 6.07) is 38.0. The standard InChI is InChI=1S/C37H36N2O3S.Li/c1-26-10-6-9-15-32(26)34-23-28(17-19-33(34)36(40)38-35(37(41)42)20-21-43-2)25-39(31-13-4-3-5-14-31)24-27-16-18-29-11-7-8-12-30(29)22-27;/h3-19,22-23,35H,20-21,24-25H2,1-2H3,(H,38,40)(H,41,42);/q;+1/p-1. The van der Waals surface area contributed by atoms with Gasteiger partial charge in [0.15, 0.2) is 0 Å². The fourth-order valence-electron chi connectivity index (χ4n) is 5.36. The number of hydrogen-bond donors (Lipinski definition) is 1. The van der Waals surface area contributed by atoms with Crippen molar-refractivity contribution in [2.45, 2.75) is 32.5 Å². The SMILES string of the molecule is CSCCC(NC(=O)c1ccc(CN(Cc2ccc3ccccc3c2)c2ccccc2)cc1-c1ccccc1C)C(=O)[O-].[Li+]. The number of para-hydroxylation sites is 1. The summed E-state index contributed by atoms with van der Waals surface area (Å²) in [6.07, 6.45) is 2.20. The van der Waals surface area contributed by atoms with Crippen LogP contribution in [0.25, 0.3) is 21.9 Å². The summed E-state index contributed by atoms with van der Waals surface area (Å²) in [5, 5.41) is 16.9. The zero-order valence-electron chi connectivity index (χ0n) is 25.5. The van der Waals surface area contributed by atoms with E-state index >= 15 is 0 Å². The van der Waals surface area contributed by atoms with Crippen LogP contribution in [0.4, 0.5) is 5.69 Å². The molecule has 0 aromatic heterocycles. The molecule has 5 rings (SSSR count). The minimum absolute atomic E-state index is 0. The zero-order valence-corrected chi connectivity index (χ0v) is 26.3. The minimum atomic E-state index is -1.27. The molecule has 0 aliphatic heterocycles. The first kappa shape index (κ1) is 33.0. The van der Waals surface area contributed by atoms with Crippen molar-refractivity contribution in [3.63, 3.8) is 0 Å². The Balaban J connectivity index is 0.00000442. The van der Waals surface area contributed by atoms with Gasteiger partial charge in [-0.25, -0.2) is 0 Å². The first-order chi connectivity index (χ1) is 20.9. The van der Waals surface area contributed by atoms with Crippen LogP contribution in [0.15, 0.2) is 115 Å². The van der Waals surface area contributed by atoms with Gasteiger partial charge in [-0.3, -0.25) is 4.79 Å². The van der Waals surface area contributed by atoms with Crippen LogP contribution in [-0.4, -0.2) is 29.9 Å². The number of carboxylic acid groups (broad SMARTS) is 1. The van der Waals surface area contributed by atoms with Crippen molar-refractivity contribution in [1.29, 1.82) is 0 Å². The summed E-state index contributed by atoms with van der Waals surface area (Å²) in [7, 11) is 0. The van der Waals surface area contributed by atoms with Gasteiger partial charge in [0, 0.05) is 24.3 Å². The predicted molar refractivity (Wildman–Crippen MR) is 176 cm³/mol. The van der Waals surface area contributed by atoms with E-state index in [9.17, 15) is 14.7 Å². The molecule has 0 aliphatic rings. The van der Waals surface area contributed by atoms with Crippen molar-refractivity contribution < 1.29 is 33.6 Å². The second-order valence-electron chi connectivity index (χ2n) is 10.7. The van der Waals surface area contributed by atoms with Gasteiger partial charge >= 0.3 is 18.9 Å². The van der Waals surface area contributed by atoms with Crippen molar-refractivity contribution in [1.82, 2.24) is 5.32 Å². The molecule has 1 amide bonds. The van der Waals surface area contributed by atoms with Gasteiger partial charge in [0.25, 0.3) is 5.91 Å². The molecule has 0 fully saturated rings. The zero-order chi connectivity index (χ0) is 30.2. The molecule has 44 heavy (non-hydrogen) atoms. The van der Waals surface area contributed by atoms with E-state index in [0.717, 1.165) is 27.9 Å². The molecule has 1 N–H and O–H groups in total. The average molecular weight is 595 g/mol. The molecule has 5 nitrogen and oxygen atoms in total. The number of carbonyl (C=O) groups excluding carboxylic acids is 2. The van der Waals surface area contributed by atoms with Gasteiger partial charge in [-0.05, 0) is 94.3 Å². The maximum Gasteiger partial charge on any atom is 1.00 e. The van der Waals surface area contributed by atoms with Crippen molar-refractivity contribution in [3.8, 4) is 11.1 Å². The van der Waals surface area contributed by atoms with Crippen LogP contribution in [0.1, 0.15) is 33.5 Å². The Morgan fingerprint density at radius 1 is 0.773 bits per heavy atom. The number of carbonyl (C=O) groups is 2. The molecule has 0 aliphatic carbocycles. The summed E-state index contributed by atoms with van der Waals surface area (Å²) < 4.78 is 0. The Morgan fingerprint density at radius 3 is 2.11 bits per heavy atom. The van der Waals surface area contributed by atoms with Gasteiger partial charge in [-0.1, -0.05) is 84.9 Å². The molecular weight excluding hydrogens is 559 g/mol. The van der Waals surface area contributed by atoms with Crippen molar-refractivity contribution in [2.24, 2.45) is 0 Å². The molecule has 0 spiro atoms. The molecule has 5 aromatic carbocycles. The third-order valence-corrected chi connectivity index (χ3v) is 8.29. The third kappa shape index (κ3) is 8.15. The first-order valence-electron chi connectivity index (χ1n) is 14.4. The third-order valence-electron chi connectivity index (χ3n) is 7.65. The molecule has 1 unspecified atom stereocenters. The van der Waals surface area contributed by atoms with E-state index in [1.54, 1.807) is 0 Å². The molecule has 218 valence electrons. The smallest absolute Gasteiger partial charge is 0.548 e. The number of nitrogens with zero attached hydrogens (tertiary/aromatic N) is 1. The number of thioether (sulfide) groups is 1. The second kappa shape index (κ2) is 15.7. The fourth-order valence-corrected chi connectivity index (χ4v) is 5.83. The Labute approximate surface area is 275 Å². The van der Waals surface area contributed by atoms with Gasteiger partial charge in [0.1, 0.15) is 0 Å². The summed E-state index contributed by atoms with van der Waals surface area (Å²) in [6.45, 7) is 3.34. The molecule has 0 bridgehead atoms. The molecule has 0 heterocycles. The van der Waals surface area contributed by atoms with Crippen molar-refractivity contribution in [3.05, 3.63) is 138 Å². The maximum atomic E-state index is 13.5. The molecule has 0 radical (unpaired) electrons. The monoisotopic (exact) mass is 594 g/mol. The van der Waals surface area contributed by atoms with E-state index < -0.39 is 17.9 Å². The van der Waals surface area contributed by atoms with Crippen molar-refractivity contribution >= 4 is 40.1 Å². The van der Waals surface area contributed by atoms with Crippen LogP contribution < -0.4 is 34.2 Å². The first-order valence-corrected chi connectivity index (χ1v) is 15.8. The van der Waals surface area contributed by atoms with Gasteiger partial charge in [0.2, 0.25) is 0 Å². The number of aliphatic carboxylic acids is 1. The van der Waals surface area contributed by atoms with Crippen LogP contribution in [0.5, 0.6) is 0 Å². The summed E-state index contributed by atoms with van der Waals surface area (Å²) in [4.78, 5) is 27.6. The number of amides is 1. The number of carboxylic acids is 1. The number of nitrogens with one attached hydrogen (secondary N) is 1. The predicted octanol–water partition coefficient (Wildman–Crippen LogP) is 3.63. The largest absolute Gasteiger partial charge is 1.00 e. The van der Waals surface area contributed by atoms with Crippen LogP contribution >= 0.6 is 11.8 Å². The van der Waals surface area contributed by atoms with Gasteiger partial charge in [-0.15, -0.1) is 0 Å². The van der Waals surface area contributed by atoms with E-state index in [4.69, 9.17) is 0 Å². The number of rotatable bonds is 12. The number of anilines is 1. The Kier molecular flexibility index (Phi) is 11.7. The molecule has 1 atom stereocenters. The normalized spacial score (nSPS) is 11.4. The molecule has 0 saturated carbocycles. The van der Waals surface area contributed by atoms with E-state index in [2.05, 4.69) is 70.9 Å². The van der Waals surface area contributed by atoms with Gasteiger partial charge in [0.05, 0.1) is 12.0 Å². The van der Waals surface area contributed by atoms with Gasteiger partial charge < -0.3 is 20.1 Å². The number of benzene rings is 5. The minimum Gasteiger partial charge on any atom is -0.548 e. The van der Waals surface area contributed by atoms with E-state index in [-0.39, 0.29) is 18.9 Å². The molecule has 7 heteroatoms. The Bertz CT molecular complexity index is 1730. The molecular formula is C37H35LiN2O3S.